The Labute approximate surface area is 155 Å². The molecule has 0 aliphatic carbocycles. The number of hydrogen-bond donors (Lipinski definition) is 0. The first kappa shape index (κ1) is 17.2. The highest BCUT2D eigenvalue weighted by atomic mass is 32.1. The van der Waals surface area contributed by atoms with Gasteiger partial charge < -0.3 is 9.30 Å². The van der Waals surface area contributed by atoms with Crippen LogP contribution < -0.4 is 5.56 Å². The first-order valence-corrected chi connectivity index (χ1v) is 9.72. The van der Waals surface area contributed by atoms with Crippen molar-refractivity contribution in [1.29, 1.82) is 0 Å². The van der Waals surface area contributed by atoms with Crippen LogP contribution in [0.3, 0.4) is 0 Å². The van der Waals surface area contributed by atoms with Crippen molar-refractivity contribution in [3.8, 4) is 0 Å². The molecule has 0 N–H and O–H groups in total. The zero-order valence-electron chi connectivity index (χ0n) is 15.2. The third-order valence-electron chi connectivity index (χ3n) is 4.97. The Balaban J connectivity index is 1.66. The molecule has 6 nitrogen and oxygen atoms in total. The fraction of sp³-hybridized carbons (Fsp3) is 0.421. The summed E-state index contributed by atoms with van der Waals surface area (Å²) in [6.07, 6.45) is 4.29. The van der Waals surface area contributed by atoms with E-state index in [1.807, 2.05) is 5.38 Å². The lowest BCUT2D eigenvalue weighted by Crippen LogP contribution is -2.20. The third-order valence-corrected chi connectivity index (χ3v) is 5.78. The normalized spacial score (nSPS) is 17.7. The van der Waals surface area contributed by atoms with Gasteiger partial charge in [0.25, 0.3) is 5.56 Å². The van der Waals surface area contributed by atoms with Gasteiger partial charge in [0.05, 0.1) is 17.7 Å². The lowest BCUT2D eigenvalue weighted by Gasteiger charge is -2.14. The predicted molar refractivity (Wildman–Crippen MR) is 104 cm³/mol. The molecule has 0 radical (unpaired) electrons. The van der Waals surface area contributed by atoms with Crippen LogP contribution in [0.1, 0.15) is 35.6 Å². The van der Waals surface area contributed by atoms with E-state index in [4.69, 9.17) is 4.74 Å². The van der Waals surface area contributed by atoms with Gasteiger partial charge in [-0.15, -0.1) is 11.3 Å². The largest absolute Gasteiger partial charge is 0.376 e. The topological polar surface area (TPSA) is 61.4 Å². The lowest BCUT2D eigenvalue weighted by molar-refractivity contribution is 0.0962. The standard InChI is InChI=1S/C19H22N4O2S/c1-12-9-15(13(2)22(12)11-16-5-4-7-25-16)10-20-23-14(3)21-18-17(19(23)24)6-8-26-18/h6,8-10,16H,4-5,7,11H2,1-3H3/b20-10-/t16-/m1/s1. The Bertz CT molecular complexity index is 1040. The molecule has 1 fully saturated rings. The number of thiophene rings is 1. The van der Waals surface area contributed by atoms with Crippen molar-refractivity contribution in [1.82, 2.24) is 14.2 Å². The maximum absolute atomic E-state index is 12.6. The summed E-state index contributed by atoms with van der Waals surface area (Å²) < 4.78 is 9.41. The minimum Gasteiger partial charge on any atom is -0.376 e. The maximum atomic E-state index is 12.6. The van der Waals surface area contributed by atoms with Gasteiger partial charge in [-0.2, -0.15) is 9.78 Å². The van der Waals surface area contributed by atoms with Gasteiger partial charge in [-0.05, 0) is 51.1 Å². The van der Waals surface area contributed by atoms with Gasteiger partial charge in [0.2, 0.25) is 0 Å². The summed E-state index contributed by atoms with van der Waals surface area (Å²) in [5.41, 5.74) is 3.20. The summed E-state index contributed by atoms with van der Waals surface area (Å²) >= 11 is 1.47. The first-order valence-electron chi connectivity index (χ1n) is 8.84. The van der Waals surface area contributed by atoms with Crippen LogP contribution in [-0.2, 0) is 11.3 Å². The number of rotatable bonds is 4. The van der Waals surface area contributed by atoms with Gasteiger partial charge >= 0.3 is 0 Å². The highest BCUT2D eigenvalue weighted by molar-refractivity contribution is 7.16. The number of nitrogens with zero attached hydrogens (tertiary/aromatic N) is 4. The molecular formula is C19H22N4O2S. The van der Waals surface area contributed by atoms with Gasteiger partial charge in [-0.3, -0.25) is 4.79 Å². The van der Waals surface area contributed by atoms with Gasteiger partial charge in [0.1, 0.15) is 10.7 Å². The van der Waals surface area contributed by atoms with E-state index in [9.17, 15) is 4.79 Å². The SMILES string of the molecule is Cc1cc(/C=N\n2c(C)nc3sccc3c2=O)c(C)n1C[C@H]1CCCO1. The lowest BCUT2D eigenvalue weighted by atomic mass is 10.2. The highest BCUT2D eigenvalue weighted by Gasteiger charge is 2.18. The van der Waals surface area contributed by atoms with Crippen LogP contribution >= 0.6 is 11.3 Å². The van der Waals surface area contributed by atoms with E-state index in [1.165, 1.54) is 21.7 Å². The van der Waals surface area contributed by atoms with E-state index >= 15 is 0 Å². The zero-order chi connectivity index (χ0) is 18.3. The van der Waals surface area contributed by atoms with Gasteiger partial charge in [0, 0.05) is 30.1 Å². The van der Waals surface area contributed by atoms with Crippen LogP contribution in [0.25, 0.3) is 10.2 Å². The van der Waals surface area contributed by atoms with Crippen LogP contribution in [0, 0.1) is 20.8 Å². The molecule has 1 aliphatic heterocycles. The Morgan fingerprint density at radius 2 is 2.27 bits per heavy atom. The Morgan fingerprint density at radius 1 is 1.42 bits per heavy atom. The molecule has 4 rings (SSSR count). The first-order chi connectivity index (χ1) is 12.5. The average Bonchev–Trinajstić information content (AvgIpc) is 3.33. The molecule has 4 heterocycles. The van der Waals surface area contributed by atoms with Gasteiger partial charge in [-0.1, -0.05) is 0 Å². The minimum absolute atomic E-state index is 0.127. The van der Waals surface area contributed by atoms with Crippen LogP contribution in [0.15, 0.2) is 27.4 Å². The molecule has 1 saturated heterocycles. The van der Waals surface area contributed by atoms with Crippen molar-refractivity contribution >= 4 is 27.8 Å². The number of aryl methyl sites for hydroxylation is 2. The Hall–Kier alpha value is -2.25. The number of ether oxygens (including phenoxy) is 1. The van der Waals surface area contributed by atoms with E-state index in [0.29, 0.717) is 17.3 Å². The summed E-state index contributed by atoms with van der Waals surface area (Å²) in [6.45, 7) is 7.71. The molecule has 0 saturated carbocycles. The fourth-order valence-electron chi connectivity index (χ4n) is 3.49. The van der Waals surface area contributed by atoms with Crippen molar-refractivity contribution in [2.75, 3.05) is 6.61 Å². The van der Waals surface area contributed by atoms with Crippen molar-refractivity contribution in [2.24, 2.45) is 5.10 Å². The molecule has 26 heavy (non-hydrogen) atoms. The highest BCUT2D eigenvalue weighted by Crippen LogP contribution is 2.20. The smallest absolute Gasteiger partial charge is 0.282 e. The number of hydrogen-bond acceptors (Lipinski definition) is 5. The summed E-state index contributed by atoms with van der Waals surface area (Å²) in [4.78, 5) is 17.8. The Morgan fingerprint density at radius 3 is 3.04 bits per heavy atom. The third kappa shape index (κ3) is 3.01. The molecule has 136 valence electrons. The summed E-state index contributed by atoms with van der Waals surface area (Å²) in [5.74, 6) is 0.592. The molecule has 0 bridgehead atoms. The fourth-order valence-corrected chi connectivity index (χ4v) is 4.29. The molecule has 3 aromatic rings. The second kappa shape index (κ2) is 6.81. The summed E-state index contributed by atoms with van der Waals surface area (Å²) in [6, 6.07) is 3.90. The Kier molecular flexibility index (Phi) is 4.50. The second-order valence-electron chi connectivity index (χ2n) is 6.73. The van der Waals surface area contributed by atoms with Crippen LogP contribution in [-0.4, -0.2) is 33.2 Å². The molecule has 1 atom stereocenters. The molecule has 0 spiro atoms. The summed E-state index contributed by atoms with van der Waals surface area (Å²) in [5, 5.41) is 6.92. The molecule has 0 aromatic carbocycles. The van der Waals surface area contributed by atoms with Crippen LogP contribution in [0.2, 0.25) is 0 Å². The van der Waals surface area contributed by atoms with E-state index in [2.05, 4.69) is 34.6 Å². The van der Waals surface area contributed by atoms with E-state index < -0.39 is 0 Å². The average molecular weight is 370 g/mol. The maximum Gasteiger partial charge on any atom is 0.282 e. The molecule has 0 amide bonds. The van der Waals surface area contributed by atoms with Crippen LogP contribution in [0.4, 0.5) is 0 Å². The summed E-state index contributed by atoms with van der Waals surface area (Å²) in [7, 11) is 0. The van der Waals surface area contributed by atoms with Crippen LogP contribution in [0.5, 0.6) is 0 Å². The molecule has 7 heteroatoms. The molecule has 3 aromatic heterocycles. The van der Waals surface area contributed by atoms with E-state index in [0.717, 1.165) is 42.1 Å². The molecule has 0 unspecified atom stereocenters. The van der Waals surface area contributed by atoms with Crippen molar-refractivity contribution in [3.05, 3.63) is 50.6 Å². The quantitative estimate of drug-likeness (QED) is 0.663. The van der Waals surface area contributed by atoms with E-state index in [-0.39, 0.29) is 5.56 Å². The van der Waals surface area contributed by atoms with Crippen molar-refractivity contribution in [3.63, 3.8) is 0 Å². The van der Waals surface area contributed by atoms with Gasteiger partial charge in [0.15, 0.2) is 0 Å². The molecular weight excluding hydrogens is 348 g/mol. The van der Waals surface area contributed by atoms with Crippen molar-refractivity contribution in [2.45, 2.75) is 46.3 Å². The predicted octanol–water partition coefficient (Wildman–Crippen LogP) is 3.25. The number of fused-ring (bicyclic) bond motifs is 1. The minimum atomic E-state index is -0.127. The van der Waals surface area contributed by atoms with Gasteiger partial charge in [-0.25, -0.2) is 4.98 Å². The number of aromatic nitrogens is 3. The zero-order valence-corrected chi connectivity index (χ0v) is 16.0. The van der Waals surface area contributed by atoms with E-state index in [1.54, 1.807) is 19.2 Å². The second-order valence-corrected chi connectivity index (χ2v) is 7.63. The molecule has 1 aliphatic rings. The monoisotopic (exact) mass is 370 g/mol. The van der Waals surface area contributed by atoms with Crippen molar-refractivity contribution < 1.29 is 4.74 Å².